The Labute approximate surface area is 196 Å². The number of methoxy groups -OCH3 is 1. The molecule has 32 heavy (non-hydrogen) atoms. The Morgan fingerprint density at radius 2 is 1.56 bits per heavy atom. The van der Waals surface area contributed by atoms with E-state index in [0.29, 0.717) is 27.9 Å². The van der Waals surface area contributed by atoms with Crippen molar-refractivity contribution in [1.82, 2.24) is 0 Å². The average Bonchev–Trinajstić information content (AvgIpc) is 2.76. The summed E-state index contributed by atoms with van der Waals surface area (Å²) in [6, 6.07) is 16.9. The Hall–Kier alpha value is -2.94. The lowest BCUT2D eigenvalue weighted by Crippen LogP contribution is -2.30. The highest BCUT2D eigenvalue weighted by Crippen LogP contribution is 2.28. The predicted octanol–water partition coefficient (Wildman–Crippen LogP) is 5.21. The molecule has 1 amide bonds. The van der Waals surface area contributed by atoms with Gasteiger partial charge in [-0.25, -0.2) is 8.42 Å². The van der Waals surface area contributed by atoms with E-state index in [1.54, 1.807) is 43.3 Å². The van der Waals surface area contributed by atoms with Gasteiger partial charge in [-0.3, -0.25) is 9.52 Å². The predicted molar refractivity (Wildman–Crippen MR) is 125 cm³/mol. The van der Waals surface area contributed by atoms with Crippen LogP contribution in [-0.4, -0.2) is 27.5 Å². The van der Waals surface area contributed by atoms with Crippen LogP contribution >= 0.6 is 23.2 Å². The zero-order valence-corrected chi connectivity index (χ0v) is 19.5. The molecule has 3 rings (SSSR count). The number of benzene rings is 3. The van der Waals surface area contributed by atoms with E-state index in [-0.39, 0.29) is 9.92 Å². The molecule has 7 nitrogen and oxygen atoms in total. The maximum atomic E-state index is 12.6. The monoisotopic (exact) mass is 494 g/mol. The number of hydrogen-bond donors (Lipinski definition) is 2. The zero-order valence-electron chi connectivity index (χ0n) is 17.1. The summed E-state index contributed by atoms with van der Waals surface area (Å²) in [5.41, 5.74) is 0.811. The number of carbonyl (C=O) groups is 1. The number of carbonyl (C=O) groups excluding carboxylic acids is 1. The molecule has 1 atom stereocenters. The van der Waals surface area contributed by atoms with E-state index >= 15 is 0 Å². The van der Waals surface area contributed by atoms with Gasteiger partial charge in [0.05, 0.1) is 17.0 Å². The fraction of sp³-hybridized carbons (Fsp3) is 0.136. The van der Waals surface area contributed by atoms with Crippen molar-refractivity contribution in [2.45, 2.75) is 17.9 Å². The number of rotatable bonds is 8. The van der Waals surface area contributed by atoms with E-state index in [1.165, 1.54) is 37.4 Å². The Morgan fingerprint density at radius 1 is 0.938 bits per heavy atom. The fourth-order valence-corrected chi connectivity index (χ4v) is 4.16. The summed E-state index contributed by atoms with van der Waals surface area (Å²) in [6.07, 6.45) is -0.853. The van der Waals surface area contributed by atoms with E-state index < -0.39 is 22.0 Å². The molecule has 0 unspecified atom stereocenters. The lowest BCUT2D eigenvalue weighted by molar-refractivity contribution is -0.122. The summed E-state index contributed by atoms with van der Waals surface area (Å²) in [6.45, 7) is 1.57. The van der Waals surface area contributed by atoms with Crippen molar-refractivity contribution in [2.24, 2.45) is 0 Å². The summed E-state index contributed by atoms with van der Waals surface area (Å²) < 4.78 is 38.3. The summed E-state index contributed by atoms with van der Waals surface area (Å²) in [4.78, 5) is 12.5. The van der Waals surface area contributed by atoms with Gasteiger partial charge < -0.3 is 14.8 Å². The zero-order chi connectivity index (χ0) is 23.3. The van der Waals surface area contributed by atoms with Crippen molar-refractivity contribution in [3.05, 3.63) is 76.8 Å². The van der Waals surface area contributed by atoms with Gasteiger partial charge in [0.15, 0.2) is 6.10 Å². The van der Waals surface area contributed by atoms with Crippen LogP contribution < -0.4 is 19.5 Å². The van der Waals surface area contributed by atoms with Crippen molar-refractivity contribution in [3.63, 3.8) is 0 Å². The van der Waals surface area contributed by atoms with Crippen LogP contribution in [0, 0.1) is 0 Å². The second-order valence-corrected chi connectivity index (χ2v) is 9.21. The SMILES string of the molecule is COc1ccc(NS(=O)(=O)c2ccc(NC(=O)[C@H](C)Oc3ccc(Cl)cc3Cl)cc2)cc1. The first-order valence-corrected chi connectivity index (χ1v) is 11.6. The van der Waals surface area contributed by atoms with Gasteiger partial charge in [-0.05, 0) is 73.7 Å². The lowest BCUT2D eigenvalue weighted by Gasteiger charge is -2.16. The van der Waals surface area contributed by atoms with Gasteiger partial charge in [-0.1, -0.05) is 23.2 Å². The standard InChI is InChI=1S/C22H20Cl2N2O5S/c1-14(31-21-12-3-15(23)13-20(21)24)22(27)25-16-6-10-19(11-7-16)32(28,29)26-17-4-8-18(30-2)9-5-17/h3-14,26H,1-2H3,(H,25,27)/t14-/m0/s1. The molecule has 3 aromatic carbocycles. The highest BCUT2D eigenvalue weighted by molar-refractivity contribution is 7.92. The minimum atomic E-state index is -3.80. The van der Waals surface area contributed by atoms with Crippen LogP contribution in [0.4, 0.5) is 11.4 Å². The number of ether oxygens (including phenoxy) is 2. The number of halogens is 2. The quantitative estimate of drug-likeness (QED) is 0.448. The molecule has 0 heterocycles. The van der Waals surface area contributed by atoms with E-state index in [0.717, 1.165) is 0 Å². The molecule has 0 aliphatic rings. The lowest BCUT2D eigenvalue weighted by atomic mass is 10.3. The first-order chi connectivity index (χ1) is 15.2. The third-order valence-corrected chi connectivity index (χ3v) is 6.27. The second kappa shape index (κ2) is 10.1. The summed E-state index contributed by atoms with van der Waals surface area (Å²) >= 11 is 11.9. The summed E-state index contributed by atoms with van der Waals surface area (Å²) in [7, 11) is -2.27. The van der Waals surface area contributed by atoms with E-state index in [1.807, 2.05) is 0 Å². The molecule has 0 saturated heterocycles. The first kappa shape index (κ1) is 23.7. The molecule has 0 radical (unpaired) electrons. The minimum Gasteiger partial charge on any atom is -0.497 e. The van der Waals surface area contributed by atoms with E-state index in [2.05, 4.69) is 10.0 Å². The molecule has 0 fully saturated rings. The largest absolute Gasteiger partial charge is 0.497 e. The molecule has 0 spiro atoms. The summed E-state index contributed by atoms with van der Waals surface area (Å²) in [5.74, 6) is 0.511. The van der Waals surface area contributed by atoms with Gasteiger partial charge in [-0.2, -0.15) is 0 Å². The average molecular weight is 495 g/mol. The molecule has 0 saturated carbocycles. The molecule has 10 heteroatoms. The number of sulfonamides is 1. The number of amides is 1. The van der Waals surface area contributed by atoms with E-state index in [4.69, 9.17) is 32.7 Å². The summed E-state index contributed by atoms with van der Waals surface area (Å²) in [5, 5.41) is 3.41. The smallest absolute Gasteiger partial charge is 0.265 e. The highest BCUT2D eigenvalue weighted by Gasteiger charge is 2.18. The highest BCUT2D eigenvalue weighted by atomic mass is 35.5. The van der Waals surface area contributed by atoms with Crippen LogP contribution in [0.3, 0.4) is 0 Å². The molecule has 0 aromatic heterocycles. The van der Waals surface area contributed by atoms with Gasteiger partial charge in [-0.15, -0.1) is 0 Å². The van der Waals surface area contributed by atoms with Gasteiger partial charge in [0.25, 0.3) is 15.9 Å². The van der Waals surface area contributed by atoms with Crippen LogP contribution in [-0.2, 0) is 14.8 Å². The Morgan fingerprint density at radius 3 is 2.16 bits per heavy atom. The number of anilines is 2. The van der Waals surface area contributed by atoms with Crippen molar-refractivity contribution in [2.75, 3.05) is 17.1 Å². The molecule has 0 aliphatic carbocycles. The van der Waals surface area contributed by atoms with Gasteiger partial charge in [0, 0.05) is 16.4 Å². The number of hydrogen-bond acceptors (Lipinski definition) is 5. The van der Waals surface area contributed by atoms with Crippen LogP contribution in [0.1, 0.15) is 6.92 Å². The third kappa shape index (κ3) is 6.06. The van der Waals surface area contributed by atoms with Crippen molar-refractivity contribution < 1.29 is 22.7 Å². The fourth-order valence-electron chi connectivity index (χ4n) is 2.65. The minimum absolute atomic E-state index is 0.0450. The van der Waals surface area contributed by atoms with Crippen LogP contribution in [0.5, 0.6) is 11.5 Å². The second-order valence-electron chi connectivity index (χ2n) is 6.68. The Kier molecular flexibility index (Phi) is 7.50. The van der Waals surface area contributed by atoms with Gasteiger partial charge >= 0.3 is 0 Å². The van der Waals surface area contributed by atoms with E-state index in [9.17, 15) is 13.2 Å². The molecule has 0 aliphatic heterocycles. The molecule has 2 N–H and O–H groups in total. The molecule has 0 bridgehead atoms. The third-order valence-electron chi connectivity index (χ3n) is 4.34. The molecule has 168 valence electrons. The van der Waals surface area contributed by atoms with Crippen molar-refractivity contribution in [1.29, 1.82) is 0 Å². The normalized spacial score (nSPS) is 12.0. The van der Waals surface area contributed by atoms with Crippen molar-refractivity contribution >= 4 is 50.5 Å². The number of nitrogens with one attached hydrogen (secondary N) is 2. The maximum absolute atomic E-state index is 12.6. The first-order valence-electron chi connectivity index (χ1n) is 9.37. The van der Waals surface area contributed by atoms with Crippen LogP contribution in [0.2, 0.25) is 10.0 Å². The van der Waals surface area contributed by atoms with Gasteiger partial charge in [0.1, 0.15) is 11.5 Å². The van der Waals surface area contributed by atoms with Gasteiger partial charge in [0.2, 0.25) is 0 Å². The van der Waals surface area contributed by atoms with Crippen molar-refractivity contribution in [3.8, 4) is 11.5 Å². The molecular formula is C22H20Cl2N2O5S. The molecule has 3 aromatic rings. The Balaban J connectivity index is 1.63. The maximum Gasteiger partial charge on any atom is 0.265 e. The Bertz CT molecular complexity index is 1200. The topological polar surface area (TPSA) is 93.7 Å². The van der Waals surface area contributed by atoms with Crippen LogP contribution in [0.15, 0.2) is 71.6 Å². The van der Waals surface area contributed by atoms with Crippen LogP contribution in [0.25, 0.3) is 0 Å². The molecular weight excluding hydrogens is 475 g/mol.